The van der Waals surface area contributed by atoms with Gasteiger partial charge in [0, 0.05) is 11.4 Å². The minimum Gasteiger partial charge on any atom is -0.302 e. The third-order valence-corrected chi connectivity index (χ3v) is 4.59. The van der Waals surface area contributed by atoms with E-state index in [2.05, 4.69) is 29.2 Å². The largest absolute Gasteiger partial charge is 0.302 e. The maximum absolute atomic E-state index is 11.8. The fourth-order valence-electron chi connectivity index (χ4n) is 2.22. The Bertz CT molecular complexity index is 716. The summed E-state index contributed by atoms with van der Waals surface area (Å²) in [5.74, 6) is -0.0321. The number of nitrogens with zero attached hydrogens (tertiary/aromatic N) is 1. The number of carbonyl (C=O) groups is 1. The van der Waals surface area contributed by atoms with Gasteiger partial charge in [0.05, 0.1) is 10.8 Å². The molecule has 3 rings (SSSR count). The van der Waals surface area contributed by atoms with E-state index in [-0.39, 0.29) is 11.7 Å². The van der Waals surface area contributed by atoms with Crippen LogP contribution in [0.2, 0.25) is 0 Å². The van der Waals surface area contributed by atoms with E-state index in [1.165, 1.54) is 11.3 Å². The van der Waals surface area contributed by atoms with E-state index in [9.17, 15) is 4.79 Å². The Morgan fingerprint density at radius 3 is 1.91 bits per heavy atom. The summed E-state index contributed by atoms with van der Waals surface area (Å²) in [6.07, 6.45) is 0. The highest BCUT2D eigenvalue weighted by Crippen LogP contribution is 2.38. The molecule has 0 amide bonds. The van der Waals surface area contributed by atoms with Crippen molar-refractivity contribution in [3.63, 3.8) is 0 Å². The van der Waals surface area contributed by atoms with Crippen molar-refractivity contribution in [2.24, 2.45) is 0 Å². The third-order valence-electron chi connectivity index (χ3n) is 3.24. The molecule has 0 radical (unpaired) electrons. The monoisotopic (exact) mass is 327 g/mol. The summed E-state index contributed by atoms with van der Waals surface area (Å²) in [6, 6.07) is 24.0. The number of hydrogen-bond acceptors (Lipinski definition) is 3. The second kappa shape index (κ2) is 6.77. The van der Waals surface area contributed by atoms with Crippen molar-refractivity contribution in [3.05, 3.63) is 77.7 Å². The van der Waals surface area contributed by atoms with Crippen LogP contribution in [0, 0.1) is 0 Å². The number of benzene rings is 2. The van der Waals surface area contributed by atoms with E-state index in [4.69, 9.17) is 11.6 Å². The first-order valence-electron chi connectivity index (χ1n) is 6.89. The summed E-state index contributed by atoms with van der Waals surface area (Å²) in [5.41, 5.74) is 2.11. The molecule has 0 spiro atoms. The zero-order valence-corrected chi connectivity index (χ0v) is 13.3. The molecular formula is C18H14ClNOS. The first-order valence-corrected chi connectivity index (χ1v) is 8.24. The predicted molar refractivity (Wildman–Crippen MR) is 94.1 cm³/mol. The molecule has 0 aliphatic rings. The molecular weight excluding hydrogens is 314 g/mol. The molecule has 110 valence electrons. The Morgan fingerprint density at radius 1 is 0.864 bits per heavy atom. The highest BCUT2D eigenvalue weighted by molar-refractivity contribution is 7.18. The molecule has 0 N–H and O–H groups in total. The number of Topliss-reactive ketones (excluding diaryl/α,β-unsaturated/α-hetero) is 1. The molecule has 2 nitrogen and oxygen atoms in total. The summed E-state index contributed by atoms with van der Waals surface area (Å²) in [6.45, 7) is 0. The molecule has 0 bridgehead atoms. The molecule has 3 aromatic rings. The maximum Gasteiger partial charge on any atom is 0.187 e. The van der Waals surface area contributed by atoms with Crippen LogP contribution in [0.1, 0.15) is 9.67 Å². The van der Waals surface area contributed by atoms with Gasteiger partial charge in [0.25, 0.3) is 0 Å². The van der Waals surface area contributed by atoms with E-state index in [1.54, 1.807) is 0 Å². The van der Waals surface area contributed by atoms with E-state index in [0.29, 0.717) is 4.88 Å². The molecule has 0 atom stereocenters. The molecule has 0 unspecified atom stereocenters. The number of rotatable bonds is 5. The third kappa shape index (κ3) is 3.06. The number of anilines is 3. The Hall–Kier alpha value is -2.10. The molecule has 0 saturated heterocycles. The van der Waals surface area contributed by atoms with Gasteiger partial charge in [-0.25, -0.2) is 0 Å². The lowest BCUT2D eigenvalue weighted by atomic mass is 10.2. The van der Waals surface area contributed by atoms with Crippen LogP contribution in [0.3, 0.4) is 0 Å². The molecule has 0 aliphatic carbocycles. The van der Waals surface area contributed by atoms with E-state index in [0.717, 1.165) is 16.4 Å². The minimum absolute atomic E-state index is 0.0105. The zero-order valence-electron chi connectivity index (χ0n) is 11.8. The summed E-state index contributed by atoms with van der Waals surface area (Å²) >= 11 is 7.11. The lowest BCUT2D eigenvalue weighted by Gasteiger charge is -2.23. The van der Waals surface area contributed by atoms with Crippen molar-refractivity contribution in [3.8, 4) is 0 Å². The van der Waals surface area contributed by atoms with Crippen LogP contribution < -0.4 is 4.90 Å². The highest BCUT2D eigenvalue weighted by atomic mass is 35.5. The highest BCUT2D eigenvalue weighted by Gasteiger charge is 2.16. The fraction of sp³-hybridized carbons (Fsp3) is 0.0556. The average Bonchev–Trinajstić information content (AvgIpc) is 3.06. The van der Waals surface area contributed by atoms with Gasteiger partial charge < -0.3 is 4.90 Å². The first-order chi connectivity index (χ1) is 10.8. The zero-order chi connectivity index (χ0) is 15.4. The van der Waals surface area contributed by atoms with Gasteiger partial charge in [-0.15, -0.1) is 22.9 Å². The second-order valence-electron chi connectivity index (χ2n) is 4.70. The second-order valence-corrected chi connectivity index (χ2v) is 6.03. The molecule has 22 heavy (non-hydrogen) atoms. The number of alkyl halides is 1. The van der Waals surface area contributed by atoms with Crippen molar-refractivity contribution >= 4 is 45.1 Å². The van der Waals surface area contributed by atoms with Crippen molar-refractivity contribution < 1.29 is 4.79 Å². The van der Waals surface area contributed by atoms with Crippen molar-refractivity contribution in [2.45, 2.75) is 0 Å². The quantitative estimate of drug-likeness (QED) is 0.446. The smallest absolute Gasteiger partial charge is 0.187 e. The number of ketones is 1. The number of hydrogen-bond donors (Lipinski definition) is 0. The molecule has 1 heterocycles. The number of halogens is 1. The van der Waals surface area contributed by atoms with E-state index in [1.807, 2.05) is 48.5 Å². The van der Waals surface area contributed by atoms with Gasteiger partial charge in [-0.2, -0.15) is 0 Å². The predicted octanol–water partition coefficient (Wildman–Crippen LogP) is 5.64. The van der Waals surface area contributed by atoms with Gasteiger partial charge in [0.15, 0.2) is 5.78 Å². The molecule has 0 aliphatic heterocycles. The summed E-state index contributed by atoms with van der Waals surface area (Å²) in [4.78, 5) is 14.6. The van der Waals surface area contributed by atoms with E-state index >= 15 is 0 Å². The Labute approximate surface area is 138 Å². The van der Waals surface area contributed by atoms with Crippen LogP contribution in [0.5, 0.6) is 0 Å². The number of para-hydroxylation sites is 2. The summed E-state index contributed by atoms with van der Waals surface area (Å²) < 4.78 is 0. The van der Waals surface area contributed by atoms with Gasteiger partial charge in [-0.05, 0) is 36.4 Å². The first kappa shape index (κ1) is 14.8. The van der Waals surface area contributed by atoms with Crippen molar-refractivity contribution in [1.82, 2.24) is 0 Å². The van der Waals surface area contributed by atoms with Gasteiger partial charge in [0.2, 0.25) is 0 Å². The van der Waals surface area contributed by atoms with Gasteiger partial charge in [0.1, 0.15) is 5.00 Å². The van der Waals surface area contributed by atoms with Crippen LogP contribution in [0.4, 0.5) is 16.4 Å². The average molecular weight is 328 g/mol. The molecule has 4 heteroatoms. The Balaban J connectivity index is 2.06. The molecule has 2 aromatic carbocycles. The summed E-state index contributed by atoms with van der Waals surface area (Å²) in [7, 11) is 0. The van der Waals surface area contributed by atoms with Gasteiger partial charge in [-0.1, -0.05) is 36.4 Å². The lowest BCUT2D eigenvalue weighted by Crippen LogP contribution is -2.07. The SMILES string of the molecule is O=C(CCl)c1ccc(N(c2ccccc2)c2ccccc2)s1. The van der Waals surface area contributed by atoms with Gasteiger partial charge >= 0.3 is 0 Å². The standard InChI is InChI=1S/C18H14ClNOS/c19-13-16(21)17-11-12-18(22-17)20(14-7-3-1-4-8-14)15-9-5-2-6-10-15/h1-12H,13H2. The lowest BCUT2D eigenvalue weighted by molar-refractivity contribution is 0.102. The minimum atomic E-state index is -0.0426. The van der Waals surface area contributed by atoms with Crippen LogP contribution in [-0.4, -0.2) is 11.7 Å². The summed E-state index contributed by atoms with van der Waals surface area (Å²) in [5, 5.41) is 0.992. The number of carbonyl (C=O) groups excluding carboxylic acids is 1. The molecule has 1 aromatic heterocycles. The van der Waals surface area contributed by atoms with Crippen molar-refractivity contribution in [1.29, 1.82) is 0 Å². The molecule has 0 fully saturated rings. The maximum atomic E-state index is 11.8. The van der Waals surface area contributed by atoms with E-state index < -0.39 is 0 Å². The number of thiophene rings is 1. The Morgan fingerprint density at radius 2 is 1.41 bits per heavy atom. The van der Waals surface area contributed by atoms with Gasteiger partial charge in [-0.3, -0.25) is 4.79 Å². The fourth-order valence-corrected chi connectivity index (χ4v) is 3.43. The van der Waals surface area contributed by atoms with Crippen molar-refractivity contribution in [2.75, 3.05) is 10.8 Å². The Kier molecular flexibility index (Phi) is 4.56. The normalized spacial score (nSPS) is 10.4. The molecule has 0 saturated carbocycles. The van der Waals surface area contributed by atoms with Crippen LogP contribution >= 0.6 is 22.9 Å². The van der Waals surface area contributed by atoms with Crippen LogP contribution in [0.15, 0.2) is 72.8 Å². The topological polar surface area (TPSA) is 20.3 Å². The van der Waals surface area contributed by atoms with Crippen LogP contribution in [-0.2, 0) is 0 Å². The van der Waals surface area contributed by atoms with Crippen LogP contribution in [0.25, 0.3) is 0 Å².